The molecule has 7 nitrogen and oxygen atoms in total. The Morgan fingerprint density at radius 3 is 2.63 bits per heavy atom. The van der Waals surface area contributed by atoms with Crippen LogP contribution in [0.25, 0.3) is 11.0 Å². The van der Waals surface area contributed by atoms with E-state index in [2.05, 4.69) is 9.97 Å². The Hall–Kier alpha value is -2.57. The first kappa shape index (κ1) is 19.2. The Kier molecular flexibility index (Phi) is 5.68. The molecule has 1 amide bonds. The van der Waals surface area contributed by atoms with Gasteiger partial charge in [0.1, 0.15) is 5.60 Å². The zero-order valence-corrected chi connectivity index (χ0v) is 16.3. The van der Waals surface area contributed by atoms with E-state index in [0.717, 1.165) is 36.8 Å². The molecule has 2 N–H and O–H groups in total. The molecule has 3 rings (SSSR count). The smallest absolute Gasteiger partial charge is 0.410 e. The van der Waals surface area contributed by atoms with E-state index in [1.165, 1.54) is 0 Å². The van der Waals surface area contributed by atoms with Crippen LogP contribution < -0.4 is 10.5 Å². The lowest BCUT2D eigenvalue weighted by atomic mass is 10.0. The predicted octanol–water partition coefficient (Wildman–Crippen LogP) is 3.77. The summed E-state index contributed by atoms with van der Waals surface area (Å²) < 4.78 is 11.3. The maximum Gasteiger partial charge on any atom is 0.410 e. The summed E-state index contributed by atoms with van der Waals surface area (Å²) in [5, 5.41) is 0. The fourth-order valence-electron chi connectivity index (χ4n) is 3.26. The molecule has 27 heavy (non-hydrogen) atoms. The van der Waals surface area contributed by atoms with Crippen LogP contribution in [-0.4, -0.2) is 45.8 Å². The van der Waals surface area contributed by atoms with Gasteiger partial charge in [-0.3, -0.25) is 0 Å². The minimum absolute atomic E-state index is 0.100. The highest BCUT2D eigenvalue weighted by Gasteiger charge is 2.30. The Balaban J connectivity index is 1.61. The molecule has 1 saturated heterocycles. The molecule has 1 aliphatic heterocycles. The molecule has 1 aromatic heterocycles. The number of nitrogens with zero attached hydrogens (tertiary/aromatic N) is 3. The number of aromatic nitrogens is 2. The van der Waals surface area contributed by atoms with Crippen molar-refractivity contribution in [3.05, 3.63) is 24.3 Å². The summed E-state index contributed by atoms with van der Waals surface area (Å²) in [7, 11) is 0. The van der Waals surface area contributed by atoms with E-state index in [1.54, 1.807) is 0 Å². The van der Waals surface area contributed by atoms with Crippen molar-refractivity contribution in [2.45, 2.75) is 58.1 Å². The molecule has 2 heterocycles. The van der Waals surface area contributed by atoms with Crippen LogP contribution in [0.5, 0.6) is 5.88 Å². The number of likely N-dealkylation sites (tertiary alicyclic amines) is 1. The van der Waals surface area contributed by atoms with E-state index in [1.807, 2.05) is 49.9 Å². The average molecular weight is 372 g/mol. The number of rotatable bonds is 4. The van der Waals surface area contributed by atoms with Gasteiger partial charge in [0.2, 0.25) is 0 Å². The number of piperidine rings is 1. The number of hydrogen-bond donors (Lipinski definition) is 1. The second kappa shape index (κ2) is 7.98. The Labute approximate surface area is 159 Å². The number of amides is 1. The first-order valence-corrected chi connectivity index (χ1v) is 9.48. The van der Waals surface area contributed by atoms with Crippen molar-refractivity contribution in [1.82, 2.24) is 14.9 Å². The molecule has 1 fully saturated rings. The summed E-state index contributed by atoms with van der Waals surface area (Å²) in [6.07, 6.45) is 3.49. The SMILES string of the molecule is CC(C)(C)OC(=O)N1CCCC[C@H]1CCOc1nc2ccccc2nc1N. The van der Waals surface area contributed by atoms with Gasteiger partial charge < -0.3 is 20.1 Å². The normalized spacial score (nSPS) is 17.7. The van der Waals surface area contributed by atoms with Crippen molar-refractivity contribution in [3.63, 3.8) is 0 Å². The van der Waals surface area contributed by atoms with E-state index in [4.69, 9.17) is 15.2 Å². The van der Waals surface area contributed by atoms with Crippen molar-refractivity contribution in [3.8, 4) is 5.88 Å². The highest BCUT2D eigenvalue weighted by atomic mass is 16.6. The number of carbonyl (C=O) groups is 1. The summed E-state index contributed by atoms with van der Waals surface area (Å²) >= 11 is 0. The fourth-order valence-corrected chi connectivity index (χ4v) is 3.26. The van der Waals surface area contributed by atoms with Gasteiger partial charge in [-0.05, 0) is 52.2 Å². The number of nitrogen functional groups attached to an aromatic ring is 1. The molecule has 0 aliphatic carbocycles. The number of carbonyl (C=O) groups excluding carboxylic acids is 1. The average Bonchev–Trinajstić information content (AvgIpc) is 2.61. The number of nitrogens with two attached hydrogens (primary N) is 1. The van der Waals surface area contributed by atoms with E-state index >= 15 is 0 Å². The molecule has 2 aromatic rings. The van der Waals surface area contributed by atoms with Crippen LogP contribution in [0.15, 0.2) is 24.3 Å². The molecule has 146 valence electrons. The molecular formula is C20H28N4O3. The van der Waals surface area contributed by atoms with Gasteiger partial charge in [0.05, 0.1) is 17.6 Å². The molecule has 0 spiro atoms. The van der Waals surface area contributed by atoms with Crippen molar-refractivity contribution < 1.29 is 14.3 Å². The van der Waals surface area contributed by atoms with Crippen LogP contribution in [0.4, 0.5) is 10.6 Å². The van der Waals surface area contributed by atoms with Crippen LogP contribution in [0, 0.1) is 0 Å². The third-order valence-corrected chi connectivity index (χ3v) is 4.51. The number of fused-ring (bicyclic) bond motifs is 1. The van der Waals surface area contributed by atoms with Gasteiger partial charge in [0, 0.05) is 19.0 Å². The number of para-hydroxylation sites is 2. The zero-order chi connectivity index (χ0) is 19.4. The number of hydrogen-bond acceptors (Lipinski definition) is 6. The zero-order valence-electron chi connectivity index (χ0n) is 16.3. The monoisotopic (exact) mass is 372 g/mol. The minimum Gasteiger partial charge on any atom is -0.475 e. The molecule has 0 saturated carbocycles. The quantitative estimate of drug-likeness (QED) is 0.878. The lowest BCUT2D eigenvalue weighted by Crippen LogP contribution is -2.46. The molecule has 0 bridgehead atoms. The highest BCUT2D eigenvalue weighted by molar-refractivity contribution is 5.76. The summed E-state index contributed by atoms with van der Waals surface area (Å²) in [5.41, 5.74) is 6.96. The standard InChI is InChI=1S/C20H28N4O3/c1-20(2,3)27-19(25)24-12-7-6-8-14(24)11-13-26-18-17(21)22-15-9-4-5-10-16(15)23-18/h4-5,9-10,14H,6-8,11-13H2,1-3H3,(H2,21,22)/t14-/m0/s1. The number of anilines is 1. The summed E-state index contributed by atoms with van der Waals surface area (Å²) in [4.78, 5) is 23.1. The predicted molar refractivity (Wildman–Crippen MR) is 105 cm³/mol. The summed E-state index contributed by atoms with van der Waals surface area (Å²) in [6, 6.07) is 7.63. The maximum atomic E-state index is 12.5. The highest BCUT2D eigenvalue weighted by Crippen LogP contribution is 2.24. The molecule has 1 atom stereocenters. The minimum atomic E-state index is -0.495. The molecule has 7 heteroatoms. The fraction of sp³-hybridized carbons (Fsp3) is 0.550. The van der Waals surface area contributed by atoms with Crippen molar-refractivity contribution in [2.75, 3.05) is 18.9 Å². The third kappa shape index (κ3) is 4.99. The maximum absolute atomic E-state index is 12.5. The van der Waals surface area contributed by atoms with Crippen LogP contribution in [-0.2, 0) is 4.74 Å². The van der Waals surface area contributed by atoms with E-state index in [-0.39, 0.29) is 18.0 Å². The molecular weight excluding hydrogens is 344 g/mol. The largest absolute Gasteiger partial charge is 0.475 e. The lowest BCUT2D eigenvalue weighted by molar-refractivity contribution is 0.00739. The van der Waals surface area contributed by atoms with Crippen LogP contribution in [0.2, 0.25) is 0 Å². The Morgan fingerprint density at radius 2 is 1.93 bits per heavy atom. The van der Waals surface area contributed by atoms with Crippen LogP contribution in [0.3, 0.4) is 0 Å². The van der Waals surface area contributed by atoms with Crippen molar-refractivity contribution >= 4 is 22.9 Å². The van der Waals surface area contributed by atoms with Gasteiger partial charge in [-0.1, -0.05) is 12.1 Å². The molecule has 1 aliphatic rings. The molecule has 0 radical (unpaired) electrons. The van der Waals surface area contributed by atoms with E-state index in [0.29, 0.717) is 18.9 Å². The van der Waals surface area contributed by atoms with Gasteiger partial charge >= 0.3 is 6.09 Å². The Bertz CT molecular complexity index is 803. The summed E-state index contributed by atoms with van der Waals surface area (Å²) in [6.45, 7) is 6.79. The van der Waals surface area contributed by atoms with Crippen LogP contribution in [0.1, 0.15) is 46.5 Å². The van der Waals surface area contributed by atoms with Crippen molar-refractivity contribution in [2.24, 2.45) is 0 Å². The second-order valence-corrected chi connectivity index (χ2v) is 7.86. The second-order valence-electron chi connectivity index (χ2n) is 7.86. The first-order chi connectivity index (χ1) is 12.8. The van der Waals surface area contributed by atoms with Crippen LogP contribution >= 0.6 is 0 Å². The van der Waals surface area contributed by atoms with E-state index in [9.17, 15) is 4.79 Å². The van der Waals surface area contributed by atoms with Gasteiger partial charge in [0.25, 0.3) is 5.88 Å². The first-order valence-electron chi connectivity index (χ1n) is 9.48. The van der Waals surface area contributed by atoms with E-state index < -0.39 is 5.60 Å². The number of ether oxygens (including phenoxy) is 2. The summed E-state index contributed by atoms with van der Waals surface area (Å²) in [5.74, 6) is 0.620. The van der Waals surface area contributed by atoms with Gasteiger partial charge in [-0.25, -0.2) is 14.8 Å². The Morgan fingerprint density at radius 1 is 1.22 bits per heavy atom. The third-order valence-electron chi connectivity index (χ3n) is 4.51. The topological polar surface area (TPSA) is 90.6 Å². The lowest BCUT2D eigenvalue weighted by Gasteiger charge is -2.36. The molecule has 0 unspecified atom stereocenters. The van der Waals surface area contributed by atoms with Gasteiger partial charge in [-0.2, -0.15) is 0 Å². The van der Waals surface area contributed by atoms with Gasteiger partial charge in [-0.15, -0.1) is 0 Å². The molecule has 1 aromatic carbocycles. The van der Waals surface area contributed by atoms with Gasteiger partial charge in [0.15, 0.2) is 5.82 Å². The number of benzene rings is 1. The van der Waals surface area contributed by atoms with Crippen molar-refractivity contribution in [1.29, 1.82) is 0 Å².